The average Bonchev–Trinajstić information content (AvgIpc) is 2.41. The average molecular weight is 291 g/mol. The van der Waals surface area contributed by atoms with Gasteiger partial charge in [-0.2, -0.15) is 0 Å². The first-order chi connectivity index (χ1) is 9.52. The van der Waals surface area contributed by atoms with E-state index in [-0.39, 0.29) is 5.56 Å². The number of benzene rings is 1. The molecule has 2 aromatic rings. The van der Waals surface area contributed by atoms with E-state index in [1.54, 1.807) is 0 Å². The second-order valence-corrected chi connectivity index (χ2v) is 4.83. The van der Waals surface area contributed by atoms with E-state index in [4.69, 9.17) is 16.7 Å². The first-order valence-corrected chi connectivity index (χ1v) is 6.63. The van der Waals surface area contributed by atoms with Crippen molar-refractivity contribution in [1.82, 2.24) is 4.98 Å². The molecule has 1 heterocycles. The van der Waals surface area contributed by atoms with Crippen LogP contribution in [0.1, 0.15) is 22.8 Å². The van der Waals surface area contributed by atoms with Gasteiger partial charge in [-0.3, -0.25) is 0 Å². The Morgan fingerprint density at radius 1 is 1.40 bits per heavy atom. The molecule has 0 atom stereocenters. The lowest BCUT2D eigenvalue weighted by molar-refractivity contribution is 0.0696. The highest BCUT2D eigenvalue weighted by Gasteiger charge is 2.15. The standard InChI is InChI=1S/C15H15ClN2O2/c1-3-18(12-6-4-5-10(2)7-12)14-13(16)8-11(9-17-14)15(19)20/h4-9H,3H2,1-2H3,(H,19,20). The smallest absolute Gasteiger partial charge is 0.337 e. The normalized spacial score (nSPS) is 10.3. The Balaban J connectivity index is 2.44. The summed E-state index contributed by atoms with van der Waals surface area (Å²) in [5.74, 6) is -0.477. The third-order valence-electron chi connectivity index (χ3n) is 2.95. The Morgan fingerprint density at radius 3 is 2.70 bits per heavy atom. The van der Waals surface area contributed by atoms with Gasteiger partial charge in [0.2, 0.25) is 0 Å². The Kier molecular flexibility index (Phi) is 4.25. The first-order valence-electron chi connectivity index (χ1n) is 6.26. The third kappa shape index (κ3) is 2.91. The van der Waals surface area contributed by atoms with Gasteiger partial charge in [0.1, 0.15) is 0 Å². The maximum atomic E-state index is 10.9. The van der Waals surface area contributed by atoms with Crippen LogP contribution in [0.15, 0.2) is 36.5 Å². The molecule has 2 rings (SSSR count). The molecule has 0 fully saturated rings. The number of aryl methyl sites for hydroxylation is 1. The van der Waals surface area contributed by atoms with E-state index in [9.17, 15) is 4.79 Å². The van der Waals surface area contributed by atoms with E-state index in [0.717, 1.165) is 11.3 Å². The van der Waals surface area contributed by atoms with Crippen LogP contribution in [0, 0.1) is 6.92 Å². The summed E-state index contributed by atoms with van der Waals surface area (Å²) >= 11 is 6.17. The zero-order valence-electron chi connectivity index (χ0n) is 11.3. The predicted molar refractivity (Wildman–Crippen MR) is 80.1 cm³/mol. The van der Waals surface area contributed by atoms with Crippen molar-refractivity contribution in [2.24, 2.45) is 0 Å². The van der Waals surface area contributed by atoms with Crippen LogP contribution >= 0.6 is 11.6 Å². The van der Waals surface area contributed by atoms with Crippen LogP contribution in [0.2, 0.25) is 5.02 Å². The molecular formula is C15H15ClN2O2. The molecule has 5 heteroatoms. The zero-order valence-corrected chi connectivity index (χ0v) is 12.1. The number of carboxylic acids is 1. The first kappa shape index (κ1) is 14.3. The largest absolute Gasteiger partial charge is 0.478 e. The van der Waals surface area contributed by atoms with Gasteiger partial charge in [-0.1, -0.05) is 23.7 Å². The molecule has 0 unspecified atom stereocenters. The maximum absolute atomic E-state index is 10.9. The van der Waals surface area contributed by atoms with Gasteiger partial charge < -0.3 is 10.0 Å². The second kappa shape index (κ2) is 5.92. The van der Waals surface area contributed by atoms with Crippen molar-refractivity contribution in [3.8, 4) is 0 Å². The number of hydrogen-bond donors (Lipinski definition) is 1. The summed E-state index contributed by atoms with van der Waals surface area (Å²) < 4.78 is 0. The van der Waals surface area contributed by atoms with Crippen molar-refractivity contribution < 1.29 is 9.90 Å². The number of hydrogen-bond acceptors (Lipinski definition) is 3. The molecule has 0 radical (unpaired) electrons. The van der Waals surface area contributed by atoms with Gasteiger partial charge in [-0.25, -0.2) is 9.78 Å². The van der Waals surface area contributed by atoms with Crippen LogP contribution in [0.5, 0.6) is 0 Å². The van der Waals surface area contributed by atoms with Gasteiger partial charge in [0.05, 0.1) is 10.6 Å². The van der Waals surface area contributed by atoms with Crippen LogP contribution in [-0.4, -0.2) is 22.6 Å². The van der Waals surface area contributed by atoms with Crippen LogP contribution in [0.3, 0.4) is 0 Å². The number of rotatable bonds is 4. The Hall–Kier alpha value is -2.07. The Morgan fingerprint density at radius 2 is 2.15 bits per heavy atom. The summed E-state index contributed by atoms with van der Waals surface area (Å²) in [6.45, 7) is 4.69. The maximum Gasteiger partial charge on any atom is 0.337 e. The number of carbonyl (C=O) groups is 1. The minimum Gasteiger partial charge on any atom is -0.478 e. The highest BCUT2D eigenvalue weighted by atomic mass is 35.5. The van der Waals surface area contributed by atoms with Crippen molar-refractivity contribution >= 4 is 29.1 Å². The number of carboxylic acid groups (broad SMARTS) is 1. The molecule has 0 saturated carbocycles. The van der Waals surface area contributed by atoms with Crippen LogP contribution in [-0.2, 0) is 0 Å². The molecule has 0 spiro atoms. The van der Waals surface area contributed by atoms with E-state index in [1.807, 2.05) is 43.0 Å². The number of anilines is 2. The summed E-state index contributed by atoms with van der Waals surface area (Å²) in [4.78, 5) is 17.0. The molecule has 0 amide bonds. The lowest BCUT2D eigenvalue weighted by Gasteiger charge is -2.23. The van der Waals surface area contributed by atoms with E-state index < -0.39 is 5.97 Å². The summed E-state index contributed by atoms with van der Waals surface area (Å²) in [7, 11) is 0. The Labute approximate surface area is 122 Å². The molecule has 1 aromatic heterocycles. The molecular weight excluding hydrogens is 276 g/mol. The fourth-order valence-corrected chi connectivity index (χ4v) is 2.27. The number of nitrogens with zero attached hydrogens (tertiary/aromatic N) is 2. The minimum absolute atomic E-state index is 0.0824. The lowest BCUT2D eigenvalue weighted by Crippen LogP contribution is -2.18. The minimum atomic E-state index is -1.04. The van der Waals surface area contributed by atoms with Crippen molar-refractivity contribution in [2.45, 2.75) is 13.8 Å². The van der Waals surface area contributed by atoms with Crippen molar-refractivity contribution in [1.29, 1.82) is 0 Å². The van der Waals surface area contributed by atoms with Gasteiger partial charge in [0.15, 0.2) is 5.82 Å². The summed E-state index contributed by atoms with van der Waals surface area (Å²) in [6, 6.07) is 9.41. The molecule has 1 aromatic carbocycles. The van der Waals surface area contributed by atoms with Gasteiger partial charge in [-0.15, -0.1) is 0 Å². The molecule has 1 N–H and O–H groups in total. The van der Waals surface area contributed by atoms with E-state index >= 15 is 0 Å². The highest BCUT2D eigenvalue weighted by molar-refractivity contribution is 6.33. The number of aromatic carboxylic acids is 1. The molecule has 20 heavy (non-hydrogen) atoms. The van der Waals surface area contributed by atoms with Gasteiger partial charge in [0.25, 0.3) is 0 Å². The third-order valence-corrected chi connectivity index (χ3v) is 3.23. The predicted octanol–water partition coefficient (Wildman–Crippen LogP) is 3.90. The van der Waals surface area contributed by atoms with Crippen LogP contribution in [0.4, 0.5) is 11.5 Å². The summed E-state index contributed by atoms with van der Waals surface area (Å²) in [6.07, 6.45) is 1.32. The molecule has 0 bridgehead atoms. The SMILES string of the molecule is CCN(c1cccc(C)c1)c1ncc(C(=O)O)cc1Cl. The van der Waals surface area contributed by atoms with E-state index in [0.29, 0.717) is 17.4 Å². The van der Waals surface area contributed by atoms with Crippen molar-refractivity contribution in [2.75, 3.05) is 11.4 Å². The number of halogens is 1. The fraction of sp³-hybridized carbons (Fsp3) is 0.200. The monoisotopic (exact) mass is 290 g/mol. The topological polar surface area (TPSA) is 53.4 Å². The number of pyridine rings is 1. The van der Waals surface area contributed by atoms with Crippen molar-refractivity contribution in [3.05, 3.63) is 52.7 Å². The summed E-state index contributed by atoms with van der Waals surface area (Å²) in [5.41, 5.74) is 2.20. The quantitative estimate of drug-likeness (QED) is 0.928. The van der Waals surface area contributed by atoms with Crippen LogP contribution in [0.25, 0.3) is 0 Å². The lowest BCUT2D eigenvalue weighted by atomic mass is 10.2. The molecule has 4 nitrogen and oxygen atoms in total. The van der Waals surface area contributed by atoms with E-state index in [2.05, 4.69) is 4.98 Å². The molecule has 0 saturated heterocycles. The highest BCUT2D eigenvalue weighted by Crippen LogP contribution is 2.30. The van der Waals surface area contributed by atoms with Crippen molar-refractivity contribution in [3.63, 3.8) is 0 Å². The van der Waals surface area contributed by atoms with E-state index in [1.165, 1.54) is 12.3 Å². The zero-order chi connectivity index (χ0) is 14.7. The number of aromatic nitrogens is 1. The summed E-state index contributed by atoms with van der Waals surface area (Å²) in [5, 5.41) is 9.26. The molecule has 0 aliphatic carbocycles. The van der Waals surface area contributed by atoms with Gasteiger partial charge >= 0.3 is 5.97 Å². The van der Waals surface area contributed by atoms with Gasteiger partial charge in [0, 0.05) is 18.4 Å². The van der Waals surface area contributed by atoms with Crippen LogP contribution < -0.4 is 4.90 Å². The fourth-order valence-electron chi connectivity index (χ4n) is 2.00. The molecule has 104 valence electrons. The molecule has 0 aliphatic rings. The molecule has 0 aliphatic heterocycles. The van der Waals surface area contributed by atoms with Gasteiger partial charge in [-0.05, 0) is 37.6 Å². The second-order valence-electron chi connectivity index (χ2n) is 4.42. The Bertz CT molecular complexity index is 644.